The Balaban J connectivity index is 1.81. The van der Waals surface area contributed by atoms with Crippen molar-refractivity contribution in [1.29, 1.82) is 0 Å². The highest BCUT2D eigenvalue weighted by molar-refractivity contribution is 5.08. The average molecular weight is 268 g/mol. The molecule has 1 saturated carbocycles. The zero-order valence-electron chi connectivity index (χ0n) is 12.1. The van der Waals surface area contributed by atoms with Crippen LogP contribution in [0, 0.1) is 23.7 Å². The first kappa shape index (κ1) is 12.6. The first-order valence-electron chi connectivity index (χ1n) is 7.71. The Morgan fingerprint density at radius 1 is 0.947 bits per heavy atom. The molecular formula is C15H24O4. The molecule has 0 aromatic rings. The number of rotatable bonds is 0. The molecular weight excluding hydrogens is 244 g/mol. The average Bonchev–Trinajstić information content (AvgIpc) is 2.61. The predicted molar refractivity (Wildman–Crippen MR) is 67.9 cm³/mol. The van der Waals surface area contributed by atoms with Gasteiger partial charge in [-0.15, -0.1) is 0 Å². The summed E-state index contributed by atoms with van der Waals surface area (Å²) in [6.45, 7) is 7.36. The van der Waals surface area contributed by atoms with Crippen LogP contribution >= 0.6 is 0 Å². The molecule has 1 spiro atoms. The van der Waals surface area contributed by atoms with Crippen molar-refractivity contribution >= 4 is 0 Å². The van der Waals surface area contributed by atoms with E-state index in [1.54, 1.807) is 0 Å². The van der Waals surface area contributed by atoms with Gasteiger partial charge in [0.1, 0.15) is 0 Å². The molecule has 0 aromatic heterocycles. The Labute approximate surface area is 114 Å². The maximum atomic E-state index is 6.16. The smallest absolute Gasteiger partial charge is 0.201 e. The molecule has 19 heavy (non-hydrogen) atoms. The standard InChI is InChI=1S/C15H24O4/c1-9-4-5-11-10(2)8-16-13-15(11)12(9)6-7-14(3,17-13)18-19-15/h9-13H,4-8H2,1-3H3/t9-,10-,11?,12?,13?,14-,15?/m0/s1. The highest BCUT2D eigenvalue weighted by Crippen LogP contribution is 2.59. The third-order valence-corrected chi connectivity index (χ3v) is 5.97. The van der Waals surface area contributed by atoms with Crippen LogP contribution in [-0.4, -0.2) is 24.3 Å². The quantitative estimate of drug-likeness (QED) is 0.633. The predicted octanol–water partition coefficient (Wildman–Crippen LogP) is 2.87. The van der Waals surface area contributed by atoms with Crippen LogP contribution in [0.4, 0.5) is 0 Å². The molecule has 7 atom stereocenters. The van der Waals surface area contributed by atoms with Crippen LogP contribution < -0.4 is 0 Å². The SMILES string of the molecule is C[C@H]1CCC2[C@@H](C)COC3O[C@]4(C)CCC1C32OO4. The van der Waals surface area contributed by atoms with Crippen LogP contribution in [0.5, 0.6) is 0 Å². The first-order valence-corrected chi connectivity index (χ1v) is 7.71. The molecule has 0 aromatic carbocycles. The maximum Gasteiger partial charge on any atom is 0.201 e. The van der Waals surface area contributed by atoms with E-state index in [-0.39, 0.29) is 11.9 Å². The second kappa shape index (κ2) is 3.94. The van der Waals surface area contributed by atoms with E-state index >= 15 is 0 Å². The summed E-state index contributed by atoms with van der Waals surface area (Å²) in [6.07, 6.45) is 4.24. The molecule has 0 N–H and O–H groups in total. The number of hydrogen-bond acceptors (Lipinski definition) is 4. The molecule has 4 saturated heterocycles. The minimum Gasteiger partial charge on any atom is -0.349 e. The summed E-state index contributed by atoms with van der Waals surface area (Å²) in [5.74, 6) is 1.53. The van der Waals surface area contributed by atoms with Gasteiger partial charge in [-0.3, -0.25) is 0 Å². The molecule has 0 radical (unpaired) electrons. The summed E-state index contributed by atoms with van der Waals surface area (Å²) in [4.78, 5) is 11.7. The van der Waals surface area contributed by atoms with Gasteiger partial charge in [0.15, 0.2) is 11.9 Å². The molecule has 4 nitrogen and oxygen atoms in total. The van der Waals surface area contributed by atoms with Gasteiger partial charge in [0.05, 0.1) is 6.61 Å². The molecule has 0 amide bonds. The van der Waals surface area contributed by atoms with Crippen LogP contribution in [0.2, 0.25) is 0 Å². The van der Waals surface area contributed by atoms with Crippen molar-refractivity contribution in [2.75, 3.05) is 6.61 Å². The molecule has 4 heterocycles. The highest BCUT2D eigenvalue weighted by atomic mass is 17.3. The van der Waals surface area contributed by atoms with Crippen molar-refractivity contribution in [2.45, 2.75) is 64.1 Å². The molecule has 1 aliphatic carbocycles. The molecule has 108 valence electrons. The molecule has 4 aliphatic heterocycles. The van der Waals surface area contributed by atoms with Crippen LogP contribution in [-0.2, 0) is 19.2 Å². The van der Waals surface area contributed by atoms with E-state index in [0.29, 0.717) is 23.7 Å². The Hall–Kier alpha value is -0.160. The van der Waals surface area contributed by atoms with E-state index in [4.69, 9.17) is 19.2 Å². The van der Waals surface area contributed by atoms with E-state index in [1.165, 1.54) is 12.8 Å². The molecule has 5 fully saturated rings. The summed E-state index contributed by atoms with van der Waals surface area (Å²) in [5, 5.41) is 0. The summed E-state index contributed by atoms with van der Waals surface area (Å²) < 4.78 is 12.2. The zero-order valence-corrected chi connectivity index (χ0v) is 12.1. The van der Waals surface area contributed by atoms with E-state index < -0.39 is 5.79 Å². The Morgan fingerprint density at radius 2 is 1.74 bits per heavy atom. The van der Waals surface area contributed by atoms with Crippen molar-refractivity contribution in [2.24, 2.45) is 23.7 Å². The van der Waals surface area contributed by atoms with Crippen LogP contribution in [0.15, 0.2) is 0 Å². The third-order valence-electron chi connectivity index (χ3n) is 5.97. The van der Waals surface area contributed by atoms with Crippen molar-refractivity contribution in [3.8, 4) is 0 Å². The van der Waals surface area contributed by atoms with Gasteiger partial charge in [0, 0.05) is 12.3 Å². The monoisotopic (exact) mass is 268 g/mol. The Kier molecular flexibility index (Phi) is 2.61. The van der Waals surface area contributed by atoms with Gasteiger partial charge in [-0.05, 0) is 43.9 Å². The minimum atomic E-state index is -0.627. The second-order valence-corrected chi connectivity index (χ2v) is 7.22. The van der Waals surface area contributed by atoms with Gasteiger partial charge in [0.25, 0.3) is 0 Å². The second-order valence-electron chi connectivity index (χ2n) is 7.22. The minimum absolute atomic E-state index is 0.248. The molecule has 5 rings (SSSR count). The van der Waals surface area contributed by atoms with Crippen molar-refractivity contribution in [1.82, 2.24) is 0 Å². The zero-order chi connectivity index (χ0) is 13.3. The van der Waals surface area contributed by atoms with Gasteiger partial charge in [-0.25, -0.2) is 9.78 Å². The third kappa shape index (κ3) is 1.54. The topological polar surface area (TPSA) is 36.9 Å². The normalized spacial score (nSPS) is 60.5. The van der Waals surface area contributed by atoms with Gasteiger partial charge in [-0.2, -0.15) is 0 Å². The first-order chi connectivity index (χ1) is 9.05. The van der Waals surface area contributed by atoms with Crippen LogP contribution in [0.1, 0.15) is 46.5 Å². The van der Waals surface area contributed by atoms with E-state index in [9.17, 15) is 0 Å². The van der Waals surface area contributed by atoms with Crippen molar-refractivity contribution in [3.05, 3.63) is 0 Å². The van der Waals surface area contributed by atoms with E-state index in [1.807, 2.05) is 6.92 Å². The van der Waals surface area contributed by atoms with Gasteiger partial charge >= 0.3 is 0 Å². The lowest BCUT2D eigenvalue weighted by atomic mass is 9.58. The highest BCUT2D eigenvalue weighted by Gasteiger charge is 2.67. The van der Waals surface area contributed by atoms with Crippen molar-refractivity contribution < 1.29 is 19.2 Å². The Morgan fingerprint density at radius 3 is 2.58 bits per heavy atom. The van der Waals surface area contributed by atoms with Crippen LogP contribution in [0.25, 0.3) is 0 Å². The lowest BCUT2D eigenvalue weighted by Gasteiger charge is -2.58. The fraction of sp³-hybridized carbons (Fsp3) is 1.00. The summed E-state index contributed by atoms with van der Waals surface area (Å²) in [5.41, 5.74) is -0.370. The van der Waals surface area contributed by atoms with Gasteiger partial charge in [-0.1, -0.05) is 13.8 Å². The summed E-state index contributed by atoms with van der Waals surface area (Å²) in [7, 11) is 0. The summed E-state index contributed by atoms with van der Waals surface area (Å²) >= 11 is 0. The number of fused-ring (bicyclic) bond motifs is 2. The molecule has 2 bridgehead atoms. The fourth-order valence-electron chi connectivity index (χ4n) is 4.88. The lowest BCUT2D eigenvalue weighted by Crippen LogP contribution is -2.68. The Bertz CT molecular complexity index is 386. The molecule has 5 aliphatic rings. The number of hydrogen-bond donors (Lipinski definition) is 0. The lowest BCUT2D eigenvalue weighted by molar-refractivity contribution is -0.566. The number of ether oxygens (including phenoxy) is 2. The molecule has 4 unspecified atom stereocenters. The van der Waals surface area contributed by atoms with Gasteiger partial charge < -0.3 is 9.47 Å². The van der Waals surface area contributed by atoms with E-state index in [0.717, 1.165) is 19.4 Å². The maximum absolute atomic E-state index is 6.16. The molecule has 4 heteroatoms. The van der Waals surface area contributed by atoms with Crippen molar-refractivity contribution in [3.63, 3.8) is 0 Å². The van der Waals surface area contributed by atoms with Gasteiger partial charge in [0.2, 0.25) is 5.79 Å². The van der Waals surface area contributed by atoms with Crippen LogP contribution in [0.3, 0.4) is 0 Å². The van der Waals surface area contributed by atoms with E-state index in [2.05, 4.69) is 13.8 Å². The summed E-state index contributed by atoms with van der Waals surface area (Å²) in [6, 6.07) is 0. The largest absolute Gasteiger partial charge is 0.349 e. The fourth-order valence-corrected chi connectivity index (χ4v) is 4.88.